The van der Waals surface area contributed by atoms with Crippen LogP contribution >= 0.6 is 15.9 Å². The first kappa shape index (κ1) is 8.96. The molecule has 1 saturated carbocycles. The SMILES string of the molecule is Brc1cnc(-c2n[nH]c(C3CC3)n2)nc1. The summed E-state index contributed by atoms with van der Waals surface area (Å²) < 4.78 is 0.851. The molecule has 6 heteroatoms. The van der Waals surface area contributed by atoms with E-state index in [2.05, 4.69) is 41.1 Å². The molecule has 1 fully saturated rings. The fourth-order valence-corrected chi connectivity index (χ4v) is 1.55. The van der Waals surface area contributed by atoms with Crippen LogP contribution in [0.25, 0.3) is 11.6 Å². The normalized spacial score (nSPS) is 15.5. The zero-order valence-corrected chi connectivity index (χ0v) is 9.40. The molecule has 5 nitrogen and oxygen atoms in total. The number of nitrogens with one attached hydrogen (secondary N) is 1. The van der Waals surface area contributed by atoms with Crippen molar-refractivity contribution in [2.75, 3.05) is 0 Å². The Morgan fingerprint density at radius 1 is 1.20 bits per heavy atom. The summed E-state index contributed by atoms with van der Waals surface area (Å²) >= 11 is 3.28. The van der Waals surface area contributed by atoms with Crippen molar-refractivity contribution in [1.29, 1.82) is 0 Å². The van der Waals surface area contributed by atoms with Crippen LogP contribution in [0.3, 0.4) is 0 Å². The Hall–Kier alpha value is -1.30. The molecule has 15 heavy (non-hydrogen) atoms. The van der Waals surface area contributed by atoms with Gasteiger partial charge in [-0.3, -0.25) is 5.10 Å². The summed E-state index contributed by atoms with van der Waals surface area (Å²) in [5.41, 5.74) is 0. The van der Waals surface area contributed by atoms with Crippen LogP contribution in [0.15, 0.2) is 16.9 Å². The third-order valence-corrected chi connectivity index (χ3v) is 2.70. The summed E-state index contributed by atoms with van der Waals surface area (Å²) in [4.78, 5) is 12.6. The van der Waals surface area contributed by atoms with Crippen molar-refractivity contribution < 1.29 is 0 Å². The lowest BCUT2D eigenvalue weighted by atomic mass is 10.4. The van der Waals surface area contributed by atoms with E-state index in [9.17, 15) is 0 Å². The van der Waals surface area contributed by atoms with Crippen LogP contribution in [-0.4, -0.2) is 25.1 Å². The van der Waals surface area contributed by atoms with Crippen molar-refractivity contribution in [2.24, 2.45) is 0 Å². The summed E-state index contributed by atoms with van der Waals surface area (Å²) in [6.45, 7) is 0. The van der Waals surface area contributed by atoms with Gasteiger partial charge in [-0.05, 0) is 28.8 Å². The smallest absolute Gasteiger partial charge is 0.218 e. The molecule has 0 bridgehead atoms. The fourth-order valence-electron chi connectivity index (χ4n) is 1.34. The Balaban J connectivity index is 1.93. The highest BCUT2D eigenvalue weighted by Crippen LogP contribution is 2.38. The molecule has 1 N–H and O–H groups in total. The molecule has 0 atom stereocenters. The largest absolute Gasteiger partial charge is 0.262 e. The molecule has 2 aromatic heterocycles. The van der Waals surface area contributed by atoms with Crippen molar-refractivity contribution in [1.82, 2.24) is 25.1 Å². The zero-order valence-electron chi connectivity index (χ0n) is 7.81. The van der Waals surface area contributed by atoms with Gasteiger partial charge in [0.1, 0.15) is 5.82 Å². The van der Waals surface area contributed by atoms with Gasteiger partial charge in [-0.25, -0.2) is 15.0 Å². The highest BCUT2D eigenvalue weighted by Gasteiger charge is 2.27. The third-order valence-electron chi connectivity index (χ3n) is 2.29. The monoisotopic (exact) mass is 265 g/mol. The van der Waals surface area contributed by atoms with Gasteiger partial charge < -0.3 is 0 Å². The van der Waals surface area contributed by atoms with E-state index in [0.717, 1.165) is 10.3 Å². The number of nitrogens with zero attached hydrogens (tertiary/aromatic N) is 4. The molecular formula is C9H8BrN5. The molecule has 3 rings (SSSR count). The van der Waals surface area contributed by atoms with Crippen molar-refractivity contribution in [3.05, 3.63) is 22.7 Å². The first-order valence-electron chi connectivity index (χ1n) is 4.73. The Bertz CT molecular complexity index is 474. The maximum atomic E-state index is 4.37. The number of hydrogen-bond acceptors (Lipinski definition) is 4. The van der Waals surface area contributed by atoms with Crippen molar-refractivity contribution in [2.45, 2.75) is 18.8 Å². The number of H-pyrrole nitrogens is 1. The number of aromatic amines is 1. The number of hydrogen-bond donors (Lipinski definition) is 1. The quantitative estimate of drug-likeness (QED) is 0.901. The first-order valence-corrected chi connectivity index (χ1v) is 5.52. The Morgan fingerprint density at radius 2 is 1.93 bits per heavy atom. The molecule has 0 amide bonds. The molecule has 0 radical (unpaired) electrons. The molecule has 0 aliphatic heterocycles. The van der Waals surface area contributed by atoms with Crippen LogP contribution in [0.1, 0.15) is 24.6 Å². The van der Waals surface area contributed by atoms with E-state index in [1.165, 1.54) is 12.8 Å². The van der Waals surface area contributed by atoms with Gasteiger partial charge in [-0.15, -0.1) is 5.10 Å². The van der Waals surface area contributed by atoms with E-state index in [1.807, 2.05) is 0 Å². The van der Waals surface area contributed by atoms with Gasteiger partial charge in [-0.2, -0.15) is 0 Å². The average Bonchev–Trinajstić information content (AvgIpc) is 2.99. The molecule has 2 aromatic rings. The van der Waals surface area contributed by atoms with Crippen LogP contribution in [0.4, 0.5) is 0 Å². The molecule has 0 spiro atoms. The van der Waals surface area contributed by atoms with E-state index < -0.39 is 0 Å². The topological polar surface area (TPSA) is 67.3 Å². The summed E-state index contributed by atoms with van der Waals surface area (Å²) in [5.74, 6) is 2.66. The molecular weight excluding hydrogens is 258 g/mol. The molecule has 1 aliphatic rings. The minimum Gasteiger partial charge on any atom is -0.262 e. The number of rotatable bonds is 2. The summed E-state index contributed by atoms with van der Waals surface area (Å²) in [6, 6.07) is 0. The Kier molecular flexibility index (Phi) is 2.02. The zero-order chi connectivity index (χ0) is 10.3. The minimum atomic E-state index is 0.557. The third kappa shape index (κ3) is 1.77. The average molecular weight is 266 g/mol. The van der Waals surface area contributed by atoms with Gasteiger partial charge >= 0.3 is 0 Å². The Morgan fingerprint density at radius 3 is 2.60 bits per heavy atom. The van der Waals surface area contributed by atoms with Gasteiger partial charge in [-0.1, -0.05) is 0 Å². The van der Waals surface area contributed by atoms with Gasteiger partial charge in [0.05, 0.1) is 4.47 Å². The fraction of sp³-hybridized carbons (Fsp3) is 0.333. The second kappa shape index (κ2) is 3.37. The van der Waals surface area contributed by atoms with Crippen LogP contribution in [0.2, 0.25) is 0 Å². The molecule has 0 saturated heterocycles. The summed E-state index contributed by atoms with van der Waals surface area (Å²) in [5, 5.41) is 7.03. The maximum absolute atomic E-state index is 4.37. The molecule has 0 unspecified atom stereocenters. The molecule has 76 valence electrons. The van der Waals surface area contributed by atoms with E-state index >= 15 is 0 Å². The maximum Gasteiger partial charge on any atom is 0.218 e. The van der Waals surface area contributed by atoms with Crippen LogP contribution in [-0.2, 0) is 0 Å². The van der Waals surface area contributed by atoms with Gasteiger partial charge in [0.25, 0.3) is 0 Å². The second-order valence-corrected chi connectivity index (χ2v) is 4.46. The van der Waals surface area contributed by atoms with E-state index in [-0.39, 0.29) is 0 Å². The Labute approximate surface area is 94.5 Å². The first-order chi connectivity index (χ1) is 7.33. The van der Waals surface area contributed by atoms with E-state index in [1.54, 1.807) is 12.4 Å². The highest BCUT2D eigenvalue weighted by atomic mass is 79.9. The van der Waals surface area contributed by atoms with Gasteiger partial charge in [0.15, 0.2) is 5.82 Å². The van der Waals surface area contributed by atoms with Gasteiger partial charge in [0, 0.05) is 18.3 Å². The van der Waals surface area contributed by atoms with E-state index in [0.29, 0.717) is 17.6 Å². The van der Waals surface area contributed by atoms with Crippen molar-refractivity contribution in [3.63, 3.8) is 0 Å². The van der Waals surface area contributed by atoms with E-state index in [4.69, 9.17) is 0 Å². The number of halogens is 1. The molecule has 0 aromatic carbocycles. The summed E-state index contributed by atoms with van der Waals surface area (Å²) in [6.07, 6.45) is 5.79. The van der Waals surface area contributed by atoms with Crippen LogP contribution < -0.4 is 0 Å². The summed E-state index contributed by atoms with van der Waals surface area (Å²) in [7, 11) is 0. The van der Waals surface area contributed by atoms with Crippen molar-refractivity contribution in [3.8, 4) is 11.6 Å². The predicted octanol–water partition coefficient (Wildman–Crippen LogP) is 1.90. The lowest BCUT2D eigenvalue weighted by Gasteiger charge is -1.92. The number of aromatic nitrogens is 5. The molecule has 2 heterocycles. The second-order valence-electron chi connectivity index (χ2n) is 3.54. The highest BCUT2D eigenvalue weighted by molar-refractivity contribution is 9.10. The predicted molar refractivity (Wildman–Crippen MR) is 57.1 cm³/mol. The van der Waals surface area contributed by atoms with Crippen LogP contribution in [0.5, 0.6) is 0 Å². The van der Waals surface area contributed by atoms with Gasteiger partial charge in [0.2, 0.25) is 5.82 Å². The lowest BCUT2D eigenvalue weighted by molar-refractivity contribution is 0.934. The lowest BCUT2D eigenvalue weighted by Crippen LogP contribution is -1.89. The van der Waals surface area contributed by atoms with Crippen molar-refractivity contribution >= 4 is 15.9 Å². The molecule has 1 aliphatic carbocycles. The minimum absolute atomic E-state index is 0.557. The van der Waals surface area contributed by atoms with Crippen LogP contribution in [0, 0.1) is 0 Å². The standard InChI is InChI=1S/C9H8BrN5/c10-6-3-11-8(12-4-6)9-13-7(14-15-9)5-1-2-5/h3-5H,1-2H2,(H,13,14,15).